The van der Waals surface area contributed by atoms with Crippen molar-refractivity contribution in [3.05, 3.63) is 60.2 Å². The van der Waals surface area contributed by atoms with E-state index in [0.717, 1.165) is 21.3 Å². The Balaban J connectivity index is 1.50. The van der Waals surface area contributed by atoms with Crippen molar-refractivity contribution in [2.45, 2.75) is 38.5 Å². The Morgan fingerprint density at radius 3 is 2.76 bits per heavy atom. The van der Waals surface area contributed by atoms with E-state index >= 15 is 0 Å². The van der Waals surface area contributed by atoms with Crippen LogP contribution in [-0.4, -0.2) is 101 Å². The summed E-state index contributed by atoms with van der Waals surface area (Å²) in [5.74, 6) is 0.0339. The molecule has 45 heavy (non-hydrogen) atoms. The first-order valence-corrected chi connectivity index (χ1v) is 15.6. The maximum atomic E-state index is 14.3. The molecule has 4 amide bonds. The van der Waals surface area contributed by atoms with Gasteiger partial charge in [-0.05, 0) is 29.3 Å². The number of piperazine rings is 1. The van der Waals surface area contributed by atoms with Crippen LogP contribution in [0, 0.1) is 0 Å². The van der Waals surface area contributed by atoms with E-state index in [0.29, 0.717) is 23.0 Å². The summed E-state index contributed by atoms with van der Waals surface area (Å²) in [6, 6.07) is 10.00. The number of hydrogen-bond donors (Lipinski definition) is 3. The van der Waals surface area contributed by atoms with Crippen LogP contribution >= 0.6 is 11.3 Å². The number of para-hydroxylation sites is 1. The molecule has 2 aliphatic heterocycles. The highest BCUT2D eigenvalue weighted by Crippen LogP contribution is 2.33. The number of rotatable bonds is 12. The second kappa shape index (κ2) is 13.5. The normalized spacial score (nSPS) is 18.2. The molecule has 1 aromatic heterocycles. The summed E-state index contributed by atoms with van der Waals surface area (Å²) < 4.78 is 6.65. The Labute approximate surface area is 265 Å². The fourth-order valence-electron chi connectivity index (χ4n) is 5.81. The molecule has 14 heteroatoms. The van der Waals surface area contributed by atoms with E-state index in [1.165, 1.54) is 23.4 Å². The molecule has 2 aliphatic rings. The zero-order chi connectivity index (χ0) is 32.2. The van der Waals surface area contributed by atoms with Crippen LogP contribution in [0.15, 0.2) is 49.1 Å². The number of carbonyl (C=O) groups excluding carboxylic acids is 4. The van der Waals surface area contributed by atoms with Crippen LogP contribution in [-0.2, 0) is 27.3 Å². The maximum absolute atomic E-state index is 14.3. The number of nitrogens with zero attached hydrogens (tertiary/aromatic N) is 5. The summed E-state index contributed by atoms with van der Waals surface area (Å²) in [6.07, 6.45) is 1.60. The minimum Gasteiger partial charge on any atom is -0.484 e. The summed E-state index contributed by atoms with van der Waals surface area (Å²) in [4.78, 5) is 60.5. The standard InChI is InChI=1S/C31H38N8O5S/c1-5-12-37(31(43)34-4)38-17-27(41)39-23(14-19-10-11-24(22(13-19)33-3)44-18-21(40)6-2)29(42)36(16-26(38)39)15-20-8-7-9-25-28(20)35-30(32)45-25/h5,7-11,13,23,26,33H,1,6,12,14-18H2,2-4H3,(H2,32,35)(H,34,43)/t23-,26+/m0/s1. The van der Waals surface area contributed by atoms with E-state index in [-0.39, 0.29) is 62.8 Å². The van der Waals surface area contributed by atoms with Crippen molar-refractivity contribution in [3.8, 4) is 5.75 Å². The van der Waals surface area contributed by atoms with Gasteiger partial charge in [-0.3, -0.25) is 19.4 Å². The van der Waals surface area contributed by atoms with Gasteiger partial charge in [0, 0.05) is 33.5 Å². The van der Waals surface area contributed by atoms with Gasteiger partial charge < -0.3 is 30.9 Å². The highest BCUT2D eigenvalue weighted by molar-refractivity contribution is 7.22. The molecule has 3 aromatic rings. The highest BCUT2D eigenvalue weighted by atomic mass is 32.1. The van der Waals surface area contributed by atoms with Gasteiger partial charge in [-0.15, -0.1) is 6.58 Å². The van der Waals surface area contributed by atoms with Crippen molar-refractivity contribution in [1.82, 2.24) is 30.1 Å². The smallest absolute Gasteiger partial charge is 0.332 e. The zero-order valence-electron chi connectivity index (χ0n) is 25.6. The van der Waals surface area contributed by atoms with E-state index in [1.54, 1.807) is 40.9 Å². The van der Waals surface area contributed by atoms with Gasteiger partial charge in [0.15, 0.2) is 10.9 Å². The number of nitrogen functional groups attached to an aromatic ring is 1. The van der Waals surface area contributed by atoms with Crippen LogP contribution in [0.4, 0.5) is 15.6 Å². The third kappa shape index (κ3) is 6.42. The number of nitrogens with two attached hydrogens (primary N) is 1. The third-order valence-electron chi connectivity index (χ3n) is 8.03. The molecule has 13 nitrogen and oxygen atoms in total. The fraction of sp³-hybridized carbons (Fsp3) is 0.387. The van der Waals surface area contributed by atoms with Crippen molar-refractivity contribution < 1.29 is 23.9 Å². The average Bonchev–Trinajstić information content (AvgIpc) is 3.59. The number of carbonyl (C=O) groups is 4. The molecule has 0 spiro atoms. The fourth-order valence-corrected chi connectivity index (χ4v) is 6.59. The molecule has 2 atom stereocenters. The van der Waals surface area contributed by atoms with E-state index in [4.69, 9.17) is 10.5 Å². The Bertz CT molecular complexity index is 1630. The Kier molecular flexibility index (Phi) is 9.54. The predicted octanol–water partition coefficient (Wildman–Crippen LogP) is 2.44. The molecule has 0 saturated carbocycles. The first-order valence-electron chi connectivity index (χ1n) is 14.7. The summed E-state index contributed by atoms with van der Waals surface area (Å²) >= 11 is 1.38. The number of amides is 4. The molecule has 5 rings (SSSR count). The minimum absolute atomic E-state index is 0.0181. The summed E-state index contributed by atoms with van der Waals surface area (Å²) in [7, 11) is 3.27. The molecule has 2 aromatic carbocycles. The van der Waals surface area contributed by atoms with Gasteiger partial charge >= 0.3 is 6.03 Å². The Hall–Kier alpha value is -4.69. The number of ether oxygens (including phenoxy) is 1. The summed E-state index contributed by atoms with van der Waals surface area (Å²) in [5, 5.41) is 9.33. The lowest BCUT2D eigenvalue weighted by molar-refractivity contribution is -0.157. The Morgan fingerprint density at radius 2 is 2.04 bits per heavy atom. The summed E-state index contributed by atoms with van der Waals surface area (Å²) in [6.45, 7) is 6.08. The van der Waals surface area contributed by atoms with Crippen molar-refractivity contribution in [1.29, 1.82) is 0 Å². The molecular formula is C31H38N8O5S. The molecule has 3 heterocycles. The van der Waals surface area contributed by atoms with E-state index < -0.39 is 12.2 Å². The highest BCUT2D eigenvalue weighted by Gasteiger charge is 2.52. The molecular weight excluding hydrogens is 596 g/mol. The van der Waals surface area contributed by atoms with Crippen LogP contribution in [0.5, 0.6) is 5.75 Å². The maximum Gasteiger partial charge on any atom is 0.332 e. The van der Waals surface area contributed by atoms with Crippen molar-refractivity contribution in [2.75, 3.05) is 51.4 Å². The van der Waals surface area contributed by atoms with Gasteiger partial charge in [-0.25, -0.2) is 9.78 Å². The number of fused-ring (bicyclic) bond motifs is 2. The molecule has 0 unspecified atom stereocenters. The number of hydrazine groups is 1. The van der Waals surface area contributed by atoms with Crippen molar-refractivity contribution in [3.63, 3.8) is 0 Å². The Morgan fingerprint density at radius 1 is 1.24 bits per heavy atom. The minimum atomic E-state index is -0.839. The SMILES string of the molecule is C=CCN(C(=O)NC)N1CC(=O)N2[C@@H](Cc3ccc(OCC(=O)CC)c(NC)c3)C(=O)N(Cc3cccc4sc(N)nc34)C[C@@H]21. The van der Waals surface area contributed by atoms with Crippen LogP contribution in [0.3, 0.4) is 0 Å². The second-order valence-corrected chi connectivity index (χ2v) is 11.9. The zero-order valence-corrected chi connectivity index (χ0v) is 26.4. The predicted molar refractivity (Wildman–Crippen MR) is 172 cm³/mol. The van der Waals surface area contributed by atoms with Crippen molar-refractivity contribution in [2.24, 2.45) is 0 Å². The lowest BCUT2D eigenvalue weighted by Crippen LogP contribution is -2.65. The monoisotopic (exact) mass is 634 g/mol. The summed E-state index contributed by atoms with van der Waals surface area (Å²) in [5.41, 5.74) is 9.03. The molecule has 2 fully saturated rings. The van der Waals surface area contributed by atoms with Crippen molar-refractivity contribution >= 4 is 56.0 Å². The number of urea groups is 1. The lowest BCUT2D eigenvalue weighted by atomic mass is 9.99. The number of nitrogens with one attached hydrogen (secondary N) is 2. The number of thiazole rings is 1. The van der Waals surface area contributed by atoms with Gasteiger partial charge in [0.1, 0.15) is 24.6 Å². The molecule has 0 aliphatic carbocycles. The van der Waals surface area contributed by atoms with Gasteiger partial charge in [0.05, 0.1) is 35.5 Å². The van der Waals surface area contributed by atoms with Crippen LogP contribution in [0.1, 0.15) is 24.5 Å². The molecule has 238 valence electrons. The van der Waals surface area contributed by atoms with E-state index in [2.05, 4.69) is 22.2 Å². The topological polar surface area (TPSA) is 153 Å². The third-order valence-corrected chi connectivity index (χ3v) is 8.88. The van der Waals surface area contributed by atoms with E-state index in [9.17, 15) is 19.2 Å². The largest absolute Gasteiger partial charge is 0.484 e. The number of anilines is 2. The first kappa shape index (κ1) is 31.7. The van der Waals surface area contributed by atoms with Crippen LogP contribution in [0.25, 0.3) is 10.2 Å². The van der Waals surface area contributed by atoms with Crippen LogP contribution < -0.4 is 21.1 Å². The van der Waals surface area contributed by atoms with Gasteiger partial charge in [-0.1, -0.05) is 42.5 Å². The lowest BCUT2D eigenvalue weighted by Gasteiger charge is -2.46. The first-order chi connectivity index (χ1) is 21.7. The van der Waals surface area contributed by atoms with Gasteiger partial charge in [0.25, 0.3) is 0 Å². The quantitative estimate of drug-likeness (QED) is 0.255. The number of aromatic nitrogens is 1. The number of benzene rings is 2. The number of ketones is 1. The molecule has 4 N–H and O–H groups in total. The molecule has 0 radical (unpaired) electrons. The number of hydrogen-bond acceptors (Lipinski definition) is 10. The second-order valence-electron chi connectivity index (χ2n) is 10.8. The average molecular weight is 635 g/mol. The molecule has 2 saturated heterocycles. The van der Waals surface area contributed by atoms with Crippen LogP contribution in [0.2, 0.25) is 0 Å². The van der Waals surface area contributed by atoms with Gasteiger partial charge in [0.2, 0.25) is 11.8 Å². The van der Waals surface area contributed by atoms with Gasteiger partial charge in [-0.2, -0.15) is 5.01 Å². The molecule has 0 bridgehead atoms. The van der Waals surface area contributed by atoms with E-state index in [1.807, 2.05) is 30.3 Å². The number of Topliss-reactive ketones (excluding diaryl/α,β-unsaturated/α-hetero) is 1.